The van der Waals surface area contributed by atoms with E-state index >= 15 is 0 Å². The van der Waals surface area contributed by atoms with Gasteiger partial charge in [-0.15, -0.1) is 0 Å². The van der Waals surface area contributed by atoms with E-state index in [9.17, 15) is 8.42 Å². The molecule has 1 aliphatic rings. The molecular formula is C17H18ClNO2S. The molecule has 0 aliphatic carbocycles. The highest BCUT2D eigenvalue weighted by atomic mass is 35.5. The van der Waals surface area contributed by atoms with Gasteiger partial charge in [-0.3, -0.25) is 0 Å². The SMILES string of the molecule is O=S(=O)(c1ccc(Cl)cc1)N1CCC(c2ccccc2)CC1. The number of piperidine rings is 1. The van der Waals surface area contributed by atoms with E-state index < -0.39 is 10.0 Å². The Morgan fingerprint density at radius 2 is 1.50 bits per heavy atom. The smallest absolute Gasteiger partial charge is 0.207 e. The second-order valence-electron chi connectivity index (χ2n) is 5.54. The van der Waals surface area contributed by atoms with Gasteiger partial charge in [0, 0.05) is 18.1 Å². The molecule has 0 bridgehead atoms. The lowest BCUT2D eigenvalue weighted by molar-refractivity contribution is 0.319. The number of hydrogen-bond donors (Lipinski definition) is 0. The molecule has 0 saturated carbocycles. The second-order valence-corrected chi connectivity index (χ2v) is 7.92. The first-order valence-electron chi connectivity index (χ1n) is 7.38. The molecule has 1 aliphatic heterocycles. The van der Waals surface area contributed by atoms with Crippen LogP contribution in [0.15, 0.2) is 59.5 Å². The first-order valence-corrected chi connectivity index (χ1v) is 9.20. The predicted molar refractivity (Wildman–Crippen MR) is 88.6 cm³/mol. The van der Waals surface area contributed by atoms with Crippen LogP contribution in [0.3, 0.4) is 0 Å². The maximum atomic E-state index is 12.6. The van der Waals surface area contributed by atoms with Crippen LogP contribution in [0.25, 0.3) is 0 Å². The molecule has 0 aromatic heterocycles. The third-order valence-electron chi connectivity index (χ3n) is 4.18. The molecule has 0 unspecified atom stereocenters. The van der Waals surface area contributed by atoms with E-state index in [0.29, 0.717) is 28.9 Å². The fourth-order valence-corrected chi connectivity index (χ4v) is 4.51. The fraction of sp³-hybridized carbons (Fsp3) is 0.294. The Balaban J connectivity index is 1.72. The molecule has 0 spiro atoms. The fourth-order valence-electron chi connectivity index (χ4n) is 2.91. The van der Waals surface area contributed by atoms with E-state index in [4.69, 9.17) is 11.6 Å². The van der Waals surface area contributed by atoms with Crippen LogP contribution in [0.5, 0.6) is 0 Å². The molecule has 0 atom stereocenters. The van der Waals surface area contributed by atoms with Crippen LogP contribution in [-0.2, 0) is 10.0 Å². The van der Waals surface area contributed by atoms with Gasteiger partial charge in [0.25, 0.3) is 0 Å². The summed E-state index contributed by atoms with van der Waals surface area (Å²) in [6.45, 7) is 1.12. The molecule has 0 amide bonds. The van der Waals surface area contributed by atoms with Crippen molar-refractivity contribution >= 4 is 21.6 Å². The lowest BCUT2D eigenvalue weighted by Crippen LogP contribution is -2.37. The highest BCUT2D eigenvalue weighted by molar-refractivity contribution is 7.89. The topological polar surface area (TPSA) is 37.4 Å². The Bertz CT molecular complexity index is 721. The van der Waals surface area contributed by atoms with Crippen molar-refractivity contribution in [3.05, 3.63) is 65.2 Å². The number of sulfonamides is 1. The average Bonchev–Trinajstić information content (AvgIpc) is 2.56. The second kappa shape index (κ2) is 6.41. The number of halogens is 1. The zero-order valence-electron chi connectivity index (χ0n) is 12.2. The van der Waals surface area contributed by atoms with Crippen molar-refractivity contribution < 1.29 is 8.42 Å². The maximum absolute atomic E-state index is 12.6. The van der Waals surface area contributed by atoms with Gasteiger partial charge in [-0.05, 0) is 48.6 Å². The molecule has 5 heteroatoms. The van der Waals surface area contributed by atoms with Crippen LogP contribution in [0.4, 0.5) is 0 Å². The first kappa shape index (κ1) is 15.5. The van der Waals surface area contributed by atoms with Crippen LogP contribution in [0.1, 0.15) is 24.3 Å². The molecule has 22 heavy (non-hydrogen) atoms. The summed E-state index contributed by atoms with van der Waals surface area (Å²) in [5, 5.41) is 0.543. The Labute approximate surface area is 136 Å². The third-order valence-corrected chi connectivity index (χ3v) is 6.34. The van der Waals surface area contributed by atoms with Crippen LogP contribution >= 0.6 is 11.6 Å². The summed E-state index contributed by atoms with van der Waals surface area (Å²) in [4.78, 5) is 0.315. The Kier molecular flexibility index (Phi) is 4.52. The molecular weight excluding hydrogens is 318 g/mol. The quantitative estimate of drug-likeness (QED) is 0.852. The molecule has 1 saturated heterocycles. The Morgan fingerprint density at radius 1 is 0.909 bits per heavy atom. The van der Waals surface area contributed by atoms with Gasteiger partial charge in [-0.2, -0.15) is 4.31 Å². The maximum Gasteiger partial charge on any atom is 0.243 e. The highest BCUT2D eigenvalue weighted by Crippen LogP contribution is 2.30. The van der Waals surface area contributed by atoms with Crippen LogP contribution < -0.4 is 0 Å². The summed E-state index contributed by atoms with van der Waals surface area (Å²) >= 11 is 5.83. The van der Waals surface area contributed by atoms with Gasteiger partial charge in [0.2, 0.25) is 10.0 Å². The molecule has 2 aromatic carbocycles. The zero-order chi connectivity index (χ0) is 15.6. The molecule has 116 valence electrons. The van der Waals surface area contributed by atoms with Crippen molar-refractivity contribution in [3.63, 3.8) is 0 Å². The van der Waals surface area contributed by atoms with E-state index in [1.165, 1.54) is 5.56 Å². The Morgan fingerprint density at radius 3 is 2.09 bits per heavy atom. The number of benzene rings is 2. The van der Waals surface area contributed by atoms with Crippen molar-refractivity contribution in [2.24, 2.45) is 0 Å². The van der Waals surface area contributed by atoms with Gasteiger partial charge in [0.05, 0.1) is 4.90 Å². The number of rotatable bonds is 3. The third kappa shape index (κ3) is 3.19. The van der Waals surface area contributed by atoms with Crippen LogP contribution in [-0.4, -0.2) is 25.8 Å². The summed E-state index contributed by atoms with van der Waals surface area (Å²) in [7, 11) is -3.41. The summed E-state index contributed by atoms with van der Waals surface area (Å²) in [5.41, 5.74) is 1.30. The monoisotopic (exact) mass is 335 g/mol. The van der Waals surface area contributed by atoms with Crippen LogP contribution in [0, 0.1) is 0 Å². The lowest BCUT2D eigenvalue weighted by atomic mass is 9.90. The molecule has 1 fully saturated rings. The van der Waals surface area contributed by atoms with Crippen LogP contribution in [0.2, 0.25) is 5.02 Å². The van der Waals surface area contributed by atoms with Gasteiger partial charge in [0.1, 0.15) is 0 Å². The largest absolute Gasteiger partial charge is 0.243 e. The van der Waals surface area contributed by atoms with E-state index in [-0.39, 0.29) is 0 Å². The van der Waals surface area contributed by atoms with Crippen molar-refractivity contribution in [2.75, 3.05) is 13.1 Å². The molecule has 3 rings (SSSR count). The normalized spacial score (nSPS) is 17.5. The number of nitrogens with zero attached hydrogens (tertiary/aromatic N) is 1. The molecule has 2 aromatic rings. The Hall–Kier alpha value is -1.36. The summed E-state index contributed by atoms with van der Waals surface area (Å²) in [6, 6.07) is 16.7. The standard InChI is InChI=1S/C17H18ClNO2S/c18-16-6-8-17(9-7-16)22(20,21)19-12-10-15(11-13-19)14-4-2-1-3-5-14/h1-9,15H,10-13H2. The number of hydrogen-bond acceptors (Lipinski definition) is 2. The van der Waals surface area contributed by atoms with Gasteiger partial charge in [-0.25, -0.2) is 8.42 Å². The molecule has 0 N–H and O–H groups in total. The highest BCUT2D eigenvalue weighted by Gasteiger charge is 2.29. The molecule has 1 heterocycles. The van der Waals surface area contributed by atoms with E-state index in [1.54, 1.807) is 28.6 Å². The molecule has 3 nitrogen and oxygen atoms in total. The van der Waals surface area contributed by atoms with Crippen molar-refractivity contribution in [2.45, 2.75) is 23.7 Å². The van der Waals surface area contributed by atoms with Crippen molar-refractivity contribution in [1.29, 1.82) is 0 Å². The van der Waals surface area contributed by atoms with Gasteiger partial charge in [0.15, 0.2) is 0 Å². The summed E-state index contributed by atoms with van der Waals surface area (Å²) < 4.78 is 26.8. The zero-order valence-corrected chi connectivity index (χ0v) is 13.7. The minimum Gasteiger partial charge on any atom is -0.207 e. The van der Waals surface area contributed by atoms with E-state index in [0.717, 1.165) is 12.8 Å². The summed E-state index contributed by atoms with van der Waals surface area (Å²) in [5.74, 6) is 0.442. The van der Waals surface area contributed by atoms with E-state index in [1.807, 2.05) is 18.2 Å². The lowest BCUT2D eigenvalue weighted by Gasteiger charge is -2.31. The average molecular weight is 336 g/mol. The minimum atomic E-state index is -3.41. The van der Waals surface area contributed by atoms with Gasteiger partial charge < -0.3 is 0 Å². The van der Waals surface area contributed by atoms with Gasteiger partial charge >= 0.3 is 0 Å². The first-order chi connectivity index (χ1) is 10.6. The van der Waals surface area contributed by atoms with Crippen molar-refractivity contribution in [3.8, 4) is 0 Å². The van der Waals surface area contributed by atoms with Crippen molar-refractivity contribution in [1.82, 2.24) is 4.31 Å². The predicted octanol–water partition coefficient (Wildman–Crippen LogP) is 3.91. The van der Waals surface area contributed by atoms with E-state index in [2.05, 4.69) is 12.1 Å². The summed E-state index contributed by atoms with van der Waals surface area (Å²) in [6.07, 6.45) is 1.72. The minimum absolute atomic E-state index is 0.315. The molecule has 0 radical (unpaired) electrons. The van der Waals surface area contributed by atoms with Gasteiger partial charge in [-0.1, -0.05) is 41.9 Å².